The molecule has 4 nitrogen and oxygen atoms in total. The molecule has 0 amide bonds. The van der Waals surface area contributed by atoms with Gasteiger partial charge in [0, 0.05) is 0 Å². The number of aryl methyl sites for hydroxylation is 2. The van der Waals surface area contributed by atoms with Crippen LogP contribution in [0.5, 0.6) is 11.5 Å². The summed E-state index contributed by atoms with van der Waals surface area (Å²) in [5.41, 5.74) is 1.95. The average Bonchev–Trinajstić information content (AvgIpc) is 3.60. The molecule has 6 heteroatoms. The molecule has 4 aliphatic heterocycles. The molecule has 4 heterocycles. The number of benzene rings is 2. The zero-order chi connectivity index (χ0) is 19.1. The van der Waals surface area contributed by atoms with Crippen LogP contribution < -0.4 is 9.47 Å². The Morgan fingerprint density at radius 1 is 0.643 bits per heavy atom. The van der Waals surface area contributed by atoms with Crippen LogP contribution in [0.25, 0.3) is 0 Å². The maximum Gasteiger partial charge on any atom is 0.127 e. The van der Waals surface area contributed by atoms with Gasteiger partial charge in [0.05, 0.1) is 13.2 Å². The number of hydrogen-bond acceptors (Lipinski definition) is 4. The fourth-order valence-electron chi connectivity index (χ4n) is 3.82. The van der Waals surface area contributed by atoms with Crippen molar-refractivity contribution < 1.29 is 27.7 Å². The molecule has 0 radical (unpaired) electrons. The van der Waals surface area contributed by atoms with E-state index in [9.17, 15) is 8.78 Å². The van der Waals surface area contributed by atoms with E-state index in [-0.39, 0.29) is 36.1 Å². The van der Waals surface area contributed by atoms with Gasteiger partial charge in [-0.2, -0.15) is 0 Å². The Balaban J connectivity index is 0.000000122. The highest BCUT2D eigenvalue weighted by molar-refractivity contribution is 5.37. The molecular weight excluding hydrogens is 366 g/mol. The minimum Gasteiger partial charge on any atom is -0.487 e. The quantitative estimate of drug-likeness (QED) is 0.734. The van der Waals surface area contributed by atoms with Gasteiger partial charge < -0.3 is 18.9 Å². The Morgan fingerprint density at radius 2 is 1.07 bits per heavy atom. The second kappa shape index (κ2) is 7.33. The highest BCUT2D eigenvalue weighted by Crippen LogP contribution is 2.33. The molecule has 2 aromatic rings. The fraction of sp³-hybridized carbons (Fsp3) is 0.455. The van der Waals surface area contributed by atoms with Crippen molar-refractivity contribution in [3.05, 3.63) is 59.2 Å². The van der Waals surface area contributed by atoms with Gasteiger partial charge in [-0.1, -0.05) is 0 Å². The number of hydrogen-bond donors (Lipinski definition) is 0. The van der Waals surface area contributed by atoms with E-state index in [0.717, 1.165) is 61.5 Å². The fourth-order valence-corrected chi connectivity index (χ4v) is 3.82. The third-order valence-corrected chi connectivity index (χ3v) is 5.55. The minimum absolute atomic E-state index is 0.174. The normalized spacial score (nSPS) is 29.2. The van der Waals surface area contributed by atoms with Crippen molar-refractivity contribution in [1.29, 1.82) is 0 Å². The lowest BCUT2D eigenvalue weighted by atomic mass is 10.0. The smallest absolute Gasteiger partial charge is 0.127 e. The van der Waals surface area contributed by atoms with Gasteiger partial charge in [-0.3, -0.25) is 0 Å². The van der Waals surface area contributed by atoms with Gasteiger partial charge in [-0.05, 0) is 73.2 Å². The van der Waals surface area contributed by atoms with Crippen LogP contribution in [0.3, 0.4) is 0 Å². The number of ether oxygens (including phenoxy) is 4. The summed E-state index contributed by atoms with van der Waals surface area (Å²) in [6.45, 7) is 1.61. The van der Waals surface area contributed by atoms with E-state index in [1.807, 2.05) is 0 Å². The zero-order valence-electron chi connectivity index (χ0n) is 15.4. The number of rotatable bonds is 2. The SMILES string of the molecule is Fc1ccc2c(c1)CC[C@@H](C1CO1)O2.Fc1ccc2c(c1)CC[C@H](C1CO1)O2. The Bertz CT molecular complexity index is 792. The van der Waals surface area contributed by atoms with Gasteiger partial charge in [0.2, 0.25) is 0 Å². The molecule has 0 aliphatic carbocycles. The van der Waals surface area contributed by atoms with E-state index in [0.29, 0.717) is 0 Å². The first-order chi connectivity index (χ1) is 13.7. The predicted octanol–water partition coefficient (Wildman–Crippen LogP) is 3.84. The summed E-state index contributed by atoms with van der Waals surface area (Å²) in [4.78, 5) is 0. The van der Waals surface area contributed by atoms with E-state index in [4.69, 9.17) is 18.9 Å². The molecule has 0 bridgehead atoms. The number of fused-ring (bicyclic) bond motifs is 2. The third kappa shape index (κ3) is 3.98. The van der Waals surface area contributed by atoms with E-state index < -0.39 is 0 Å². The topological polar surface area (TPSA) is 43.5 Å². The summed E-state index contributed by atoms with van der Waals surface area (Å²) < 4.78 is 47.6. The zero-order valence-corrected chi connectivity index (χ0v) is 15.4. The average molecular weight is 388 g/mol. The molecule has 4 aliphatic rings. The Hall–Kier alpha value is -2.18. The van der Waals surface area contributed by atoms with E-state index in [1.165, 1.54) is 12.1 Å². The monoisotopic (exact) mass is 388 g/mol. The van der Waals surface area contributed by atoms with Crippen molar-refractivity contribution in [3.8, 4) is 11.5 Å². The molecular formula is C22H22F2O4. The highest BCUT2D eigenvalue weighted by Gasteiger charge is 2.37. The highest BCUT2D eigenvalue weighted by atomic mass is 19.1. The Morgan fingerprint density at radius 3 is 1.46 bits per heavy atom. The van der Waals surface area contributed by atoms with Crippen LogP contribution in [0.2, 0.25) is 0 Å². The van der Waals surface area contributed by atoms with Crippen molar-refractivity contribution >= 4 is 0 Å². The first-order valence-corrected chi connectivity index (χ1v) is 9.79. The Kier molecular flexibility index (Phi) is 4.69. The van der Waals surface area contributed by atoms with Crippen LogP contribution >= 0.6 is 0 Å². The number of epoxide rings is 2. The van der Waals surface area contributed by atoms with Gasteiger partial charge in [0.25, 0.3) is 0 Å². The number of halogens is 2. The second-order valence-corrected chi connectivity index (χ2v) is 7.64. The predicted molar refractivity (Wildman–Crippen MR) is 97.8 cm³/mol. The van der Waals surface area contributed by atoms with Crippen LogP contribution in [0.4, 0.5) is 8.78 Å². The molecule has 4 atom stereocenters. The van der Waals surface area contributed by atoms with Crippen molar-refractivity contribution in [3.63, 3.8) is 0 Å². The first kappa shape index (κ1) is 17.9. The molecule has 28 heavy (non-hydrogen) atoms. The van der Waals surface area contributed by atoms with Crippen molar-refractivity contribution in [2.75, 3.05) is 13.2 Å². The molecule has 6 rings (SSSR count). The van der Waals surface area contributed by atoms with E-state index in [1.54, 1.807) is 24.3 Å². The Labute approximate surface area is 162 Å². The van der Waals surface area contributed by atoms with Gasteiger partial charge in [-0.15, -0.1) is 0 Å². The van der Waals surface area contributed by atoms with Gasteiger partial charge in [0.1, 0.15) is 47.5 Å². The van der Waals surface area contributed by atoms with E-state index >= 15 is 0 Å². The maximum atomic E-state index is 12.9. The second-order valence-electron chi connectivity index (χ2n) is 7.64. The summed E-state index contributed by atoms with van der Waals surface area (Å²) >= 11 is 0. The molecule has 2 fully saturated rings. The standard InChI is InChI=1S/2C11H11FO2/c2*12-8-2-4-9-7(5-8)1-3-10(14-9)11-6-13-11/h2*2,4-5,10-11H,1,3,6H2/t2*10-,11?/m10/s1. The minimum atomic E-state index is -0.187. The lowest BCUT2D eigenvalue weighted by molar-refractivity contribution is 0.136. The molecule has 0 saturated carbocycles. The summed E-state index contributed by atoms with van der Waals surface area (Å²) in [6, 6.07) is 9.40. The first-order valence-electron chi connectivity index (χ1n) is 9.79. The van der Waals surface area contributed by atoms with Crippen molar-refractivity contribution in [2.24, 2.45) is 0 Å². The van der Waals surface area contributed by atoms with Gasteiger partial charge in [0.15, 0.2) is 0 Å². The summed E-state index contributed by atoms with van der Waals surface area (Å²) in [5.74, 6) is 1.26. The van der Waals surface area contributed by atoms with Crippen LogP contribution in [0.1, 0.15) is 24.0 Å². The summed E-state index contributed by atoms with van der Waals surface area (Å²) in [7, 11) is 0. The van der Waals surface area contributed by atoms with Crippen LogP contribution in [-0.2, 0) is 22.3 Å². The summed E-state index contributed by atoms with van der Waals surface area (Å²) in [6.07, 6.45) is 4.53. The third-order valence-electron chi connectivity index (χ3n) is 5.55. The van der Waals surface area contributed by atoms with Crippen molar-refractivity contribution in [1.82, 2.24) is 0 Å². The molecule has 0 N–H and O–H groups in total. The molecule has 148 valence electrons. The summed E-state index contributed by atoms with van der Waals surface area (Å²) in [5, 5.41) is 0. The molecule has 0 spiro atoms. The van der Waals surface area contributed by atoms with Crippen LogP contribution in [0.15, 0.2) is 36.4 Å². The molecule has 2 aromatic carbocycles. The largest absolute Gasteiger partial charge is 0.487 e. The van der Waals surface area contributed by atoms with E-state index in [2.05, 4.69) is 0 Å². The van der Waals surface area contributed by atoms with Gasteiger partial charge in [-0.25, -0.2) is 8.78 Å². The molecule has 0 aromatic heterocycles. The van der Waals surface area contributed by atoms with Gasteiger partial charge >= 0.3 is 0 Å². The lowest BCUT2D eigenvalue weighted by Crippen LogP contribution is -2.27. The van der Waals surface area contributed by atoms with Crippen LogP contribution in [0, 0.1) is 11.6 Å². The molecule has 2 saturated heterocycles. The molecule has 2 unspecified atom stereocenters. The van der Waals surface area contributed by atoms with Crippen molar-refractivity contribution in [2.45, 2.75) is 50.1 Å². The maximum absolute atomic E-state index is 12.9. The van der Waals surface area contributed by atoms with Crippen LogP contribution in [-0.4, -0.2) is 37.6 Å². The lowest BCUT2D eigenvalue weighted by Gasteiger charge is -2.24.